The fourth-order valence-corrected chi connectivity index (χ4v) is 1.95. The second kappa shape index (κ2) is 6.44. The zero-order valence-corrected chi connectivity index (χ0v) is 10.4. The zero-order chi connectivity index (χ0) is 12.8. The summed E-state index contributed by atoms with van der Waals surface area (Å²) in [7, 11) is 1.75. The van der Waals surface area contributed by atoms with Crippen molar-refractivity contribution in [1.82, 2.24) is 4.90 Å². The Bertz CT molecular complexity index is 288. The maximum Gasteiger partial charge on any atom is 0.232 e. The lowest BCUT2D eigenvalue weighted by atomic mass is 9.99. The Morgan fingerprint density at radius 2 is 2.18 bits per heavy atom. The van der Waals surface area contributed by atoms with E-state index in [0.717, 1.165) is 26.1 Å². The summed E-state index contributed by atoms with van der Waals surface area (Å²) >= 11 is 0. The molecule has 0 aromatic carbocycles. The van der Waals surface area contributed by atoms with Gasteiger partial charge in [0.15, 0.2) is 5.84 Å². The summed E-state index contributed by atoms with van der Waals surface area (Å²) in [5.41, 5.74) is 5.42. The number of hydrogen-bond acceptors (Lipinski definition) is 4. The number of nitrogens with two attached hydrogens (primary N) is 1. The molecule has 98 valence electrons. The smallest absolute Gasteiger partial charge is 0.232 e. The molecule has 17 heavy (non-hydrogen) atoms. The van der Waals surface area contributed by atoms with Crippen molar-refractivity contribution in [3.05, 3.63) is 0 Å². The summed E-state index contributed by atoms with van der Waals surface area (Å²) < 4.78 is 5.27. The minimum atomic E-state index is -0.579. The Kier molecular flexibility index (Phi) is 5.21. The quantitative estimate of drug-likeness (QED) is 0.321. The van der Waals surface area contributed by atoms with Crippen molar-refractivity contribution < 1.29 is 14.7 Å². The van der Waals surface area contributed by atoms with Crippen LogP contribution in [0.2, 0.25) is 0 Å². The van der Waals surface area contributed by atoms with E-state index in [4.69, 9.17) is 15.7 Å². The number of carbonyl (C=O) groups is 1. The number of amides is 1. The van der Waals surface area contributed by atoms with Gasteiger partial charge in [-0.3, -0.25) is 4.79 Å². The molecule has 1 rings (SSSR count). The van der Waals surface area contributed by atoms with Crippen molar-refractivity contribution in [3.8, 4) is 0 Å². The summed E-state index contributed by atoms with van der Waals surface area (Å²) in [6.07, 6.45) is 1.96. The molecule has 0 aliphatic carbocycles. The molecule has 1 aliphatic rings. The largest absolute Gasteiger partial charge is 0.409 e. The number of carbonyl (C=O) groups excluding carboxylic acids is 1. The Morgan fingerprint density at radius 1 is 1.59 bits per heavy atom. The molecule has 0 aromatic heterocycles. The summed E-state index contributed by atoms with van der Waals surface area (Å²) in [5, 5.41) is 11.4. The SMILES string of the molecule is CC(C(=O)N(C)CC1CCOCC1)C(N)=NO. The van der Waals surface area contributed by atoms with Gasteiger partial charge < -0.3 is 20.6 Å². The number of rotatable bonds is 4. The molecule has 0 radical (unpaired) electrons. The molecule has 1 heterocycles. The van der Waals surface area contributed by atoms with E-state index in [1.54, 1.807) is 18.9 Å². The van der Waals surface area contributed by atoms with Gasteiger partial charge in [0.25, 0.3) is 0 Å². The molecule has 3 N–H and O–H groups in total. The fourth-order valence-electron chi connectivity index (χ4n) is 1.95. The van der Waals surface area contributed by atoms with Crippen LogP contribution in [0.4, 0.5) is 0 Å². The van der Waals surface area contributed by atoms with E-state index in [-0.39, 0.29) is 11.7 Å². The topological polar surface area (TPSA) is 88.2 Å². The number of amidine groups is 1. The van der Waals surface area contributed by atoms with Crippen LogP contribution >= 0.6 is 0 Å². The average molecular weight is 243 g/mol. The Hall–Kier alpha value is -1.30. The van der Waals surface area contributed by atoms with Crippen molar-refractivity contribution >= 4 is 11.7 Å². The second-order valence-corrected chi connectivity index (χ2v) is 4.52. The van der Waals surface area contributed by atoms with Crippen LogP contribution in [0, 0.1) is 11.8 Å². The summed E-state index contributed by atoms with van der Waals surface area (Å²) in [5.74, 6) is -0.261. The van der Waals surface area contributed by atoms with Gasteiger partial charge in [-0.1, -0.05) is 5.16 Å². The summed E-state index contributed by atoms with van der Waals surface area (Å²) in [6.45, 7) is 3.87. The van der Waals surface area contributed by atoms with Crippen LogP contribution in [0.5, 0.6) is 0 Å². The van der Waals surface area contributed by atoms with Gasteiger partial charge in [0.1, 0.15) is 0 Å². The van der Waals surface area contributed by atoms with E-state index in [2.05, 4.69) is 5.16 Å². The molecule has 1 aliphatic heterocycles. The summed E-state index contributed by atoms with van der Waals surface area (Å²) in [6, 6.07) is 0. The Balaban J connectivity index is 2.45. The lowest BCUT2D eigenvalue weighted by molar-refractivity contribution is -0.132. The molecule has 1 amide bonds. The van der Waals surface area contributed by atoms with Crippen molar-refractivity contribution in [3.63, 3.8) is 0 Å². The molecule has 0 aromatic rings. The highest BCUT2D eigenvalue weighted by Crippen LogP contribution is 2.16. The predicted octanol–water partition coefficient (Wildman–Crippen LogP) is 0.254. The van der Waals surface area contributed by atoms with E-state index in [0.29, 0.717) is 12.5 Å². The van der Waals surface area contributed by atoms with Crippen LogP contribution in [0.15, 0.2) is 5.16 Å². The Morgan fingerprint density at radius 3 is 2.71 bits per heavy atom. The predicted molar refractivity (Wildman–Crippen MR) is 63.8 cm³/mol. The van der Waals surface area contributed by atoms with Gasteiger partial charge in [-0.15, -0.1) is 0 Å². The van der Waals surface area contributed by atoms with Gasteiger partial charge in [-0.25, -0.2) is 0 Å². The van der Waals surface area contributed by atoms with Crippen molar-refractivity contribution in [2.45, 2.75) is 19.8 Å². The highest BCUT2D eigenvalue weighted by molar-refractivity contribution is 6.01. The molecule has 1 unspecified atom stereocenters. The molecule has 1 atom stereocenters. The molecule has 6 nitrogen and oxygen atoms in total. The van der Waals surface area contributed by atoms with Gasteiger partial charge in [0.2, 0.25) is 5.91 Å². The van der Waals surface area contributed by atoms with Crippen molar-refractivity contribution in [2.24, 2.45) is 22.7 Å². The third kappa shape index (κ3) is 3.89. The maximum atomic E-state index is 11.9. The molecular formula is C11H21N3O3. The van der Waals surface area contributed by atoms with Crippen LogP contribution < -0.4 is 5.73 Å². The van der Waals surface area contributed by atoms with Crippen LogP contribution in [0.3, 0.4) is 0 Å². The standard InChI is InChI=1S/C11H21N3O3/c1-8(10(12)13-16)11(15)14(2)7-9-3-5-17-6-4-9/h8-9,16H,3-7H2,1-2H3,(H2,12,13). The van der Waals surface area contributed by atoms with Gasteiger partial charge in [0.05, 0.1) is 5.92 Å². The van der Waals surface area contributed by atoms with E-state index < -0.39 is 5.92 Å². The van der Waals surface area contributed by atoms with Crippen LogP contribution in [0.25, 0.3) is 0 Å². The number of oxime groups is 1. The highest BCUT2D eigenvalue weighted by Gasteiger charge is 2.24. The molecular weight excluding hydrogens is 222 g/mol. The molecule has 1 saturated heterocycles. The average Bonchev–Trinajstić information content (AvgIpc) is 2.37. The van der Waals surface area contributed by atoms with E-state index in [9.17, 15) is 4.79 Å². The fraction of sp³-hybridized carbons (Fsp3) is 0.818. The highest BCUT2D eigenvalue weighted by atomic mass is 16.5. The Labute approximate surface area is 101 Å². The van der Waals surface area contributed by atoms with E-state index >= 15 is 0 Å². The lowest BCUT2D eigenvalue weighted by Gasteiger charge is -2.28. The normalized spacial score (nSPS) is 20.0. The minimum absolute atomic E-state index is 0.0474. The van der Waals surface area contributed by atoms with Gasteiger partial charge in [-0.2, -0.15) is 0 Å². The molecule has 0 spiro atoms. The molecule has 0 saturated carbocycles. The third-order valence-electron chi connectivity index (χ3n) is 3.18. The lowest BCUT2D eigenvalue weighted by Crippen LogP contribution is -2.41. The summed E-state index contributed by atoms with van der Waals surface area (Å²) in [4.78, 5) is 13.6. The first-order valence-electron chi connectivity index (χ1n) is 5.86. The van der Waals surface area contributed by atoms with Crippen LogP contribution in [0.1, 0.15) is 19.8 Å². The number of nitrogens with zero attached hydrogens (tertiary/aromatic N) is 2. The first-order chi connectivity index (χ1) is 8.06. The molecule has 1 fully saturated rings. The monoisotopic (exact) mass is 243 g/mol. The van der Waals surface area contributed by atoms with Gasteiger partial charge in [-0.05, 0) is 25.7 Å². The molecule has 0 bridgehead atoms. The van der Waals surface area contributed by atoms with Gasteiger partial charge in [0, 0.05) is 26.8 Å². The number of hydrogen-bond donors (Lipinski definition) is 2. The van der Waals surface area contributed by atoms with Crippen molar-refractivity contribution in [2.75, 3.05) is 26.8 Å². The van der Waals surface area contributed by atoms with Crippen LogP contribution in [-0.4, -0.2) is 48.7 Å². The first-order valence-corrected chi connectivity index (χ1v) is 5.86. The minimum Gasteiger partial charge on any atom is -0.409 e. The second-order valence-electron chi connectivity index (χ2n) is 4.52. The maximum absolute atomic E-state index is 11.9. The third-order valence-corrected chi connectivity index (χ3v) is 3.18. The van der Waals surface area contributed by atoms with Crippen molar-refractivity contribution in [1.29, 1.82) is 0 Å². The molecule has 6 heteroatoms. The van der Waals surface area contributed by atoms with E-state index in [1.807, 2.05) is 0 Å². The first kappa shape index (κ1) is 13.8. The van der Waals surface area contributed by atoms with Gasteiger partial charge >= 0.3 is 0 Å². The zero-order valence-electron chi connectivity index (χ0n) is 10.4. The van der Waals surface area contributed by atoms with Crippen LogP contribution in [-0.2, 0) is 9.53 Å². The van der Waals surface area contributed by atoms with E-state index in [1.165, 1.54) is 0 Å². The number of ether oxygens (including phenoxy) is 1.